The molecule has 2 fully saturated rings. The van der Waals surface area contributed by atoms with Gasteiger partial charge in [-0.2, -0.15) is 0 Å². The summed E-state index contributed by atoms with van der Waals surface area (Å²) in [6.07, 6.45) is 3.76. The third-order valence-corrected chi connectivity index (χ3v) is 5.45. The molecule has 1 aliphatic heterocycles. The maximum Gasteiger partial charge on any atom is 0.331 e. The lowest BCUT2D eigenvalue weighted by atomic mass is 9.61. The molecule has 0 amide bonds. The first kappa shape index (κ1) is 12.7. The van der Waals surface area contributed by atoms with Crippen LogP contribution >= 0.6 is 0 Å². The van der Waals surface area contributed by atoms with Crippen LogP contribution in [-0.4, -0.2) is 23.7 Å². The number of carbonyl (C=O) groups excluding carboxylic acids is 1. The molecule has 4 nitrogen and oxygen atoms in total. The third kappa shape index (κ3) is 1.52. The zero-order valence-electron chi connectivity index (χ0n) is 11.6. The molecule has 0 bridgehead atoms. The van der Waals surface area contributed by atoms with E-state index in [9.17, 15) is 14.7 Å². The van der Waals surface area contributed by atoms with E-state index in [1.165, 1.54) is 0 Å². The minimum atomic E-state index is -0.860. The lowest BCUT2D eigenvalue weighted by Crippen LogP contribution is -2.48. The van der Waals surface area contributed by atoms with Crippen LogP contribution in [0.2, 0.25) is 0 Å². The molecule has 2 aliphatic carbocycles. The first-order valence-electron chi connectivity index (χ1n) is 6.89. The summed E-state index contributed by atoms with van der Waals surface area (Å²) in [5, 5.41) is 9.38. The van der Waals surface area contributed by atoms with Crippen LogP contribution in [-0.2, 0) is 14.3 Å². The zero-order valence-corrected chi connectivity index (χ0v) is 11.6. The van der Waals surface area contributed by atoms with Crippen LogP contribution in [0.3, 0.4) is 0 Å². The molecule has 19 heavy (non-hydrogen) atoms. The summed E-state index contributed by atoms with van der Waals surface area (Å²) in [6.45, 7) is 6.55. The fourth-order valence-corrected chi connectivity index (χ4v) is 4.79. The SMILES string of the molecule is C[C@H]1C(=O)OC[C@H]2C(C(=O)O)=C[C@@H]3CC(C)(C)C[C@]312. The van der Waals surface area contributed by atoms with E-state index in [1.807, 2.05) is 13.0 Å². The van der Waals surface area contributed by atoms with Gasteiger partial charge in [0.2, 0.25) is 0 Å². The fourth-order valence-electron chi connectivity index (χ4n) is 4.79. The second kappa shape index (κ2) is 3.62. The normalized spacial score (nSPS) is 43.2. The molecule has 1 saturated carbocycles. The summed E-state index contributed by atoms with van der Waals surface area (Å²) in [5.74, 6) is -1.18. The molecular weight excluding hydrogens is 244 g/mol. The molecule has 1 saturated heterocycles. The summed E-state index contributed by atoms with van der Waals surface area (Å²) < 4.78 is 5.21. The molecule has 0 aromatic carbocycles. The molecule has 4 heteroatoms. The molecule has 0 aromatic rings. The van der Waals surface area contributed by atoms with E-state index in [0.29, 0.717) is 5.57 Å². The van der Waals surface area contributed by atoms with Gasteiger partial charge in [-0.25, -0.2) is 4.79 Å². The molecule has 104 valence electrons. The molecule has 0 radical (unpaired) electrons. The van der Waals surface area contributed by atoms with E-state index < -0.39 is 5.97 Å². The number of esters is 1. The van der Waals surface area contributed by atoms with E-state index in [0.717, 1.165) is 12.8 Å². The highest BCUT2D eigenvalue weighted by Gasteiger charge is 2.65. The quantitative estimate of drug-likeness (QED) is 0.738. The third-order valence-electron chi connectivity index (χ3n) is 5.45. The van der Waals surface area contributed by atoms with Crippen molar-refractivity contribution in [2.24, 2.45) is 28.6 Å². The smallest absolute Gasteiger partial charge is 0.331 e. The predicted molar refractivity (Wildman–Crippen MR) is 68.3 cm³/mol. The molecule has 1 heterocycles. The molecule has 1 spiro atoms. The van der Waals surface area contributed by atoms with Crippen molar-refractivity contribution in [1.82, 2.24) is 0 Å². The van der Waals surface area contributed by atoms with Crippen LogP contribution in [0.25, 0.3) is 0 Å². The van der Waals surface area contributed by atoms with Crippen LogP contribution in [0.15, 0.2) is 11.6 Å². The second-order valence-corrected chi connectivity index (χ2v) is 7.10. The topological polar surface area (TPSA) is 63.6 Å². The van der Waals surface area contributed by atoms with E-state index in [-0.39, 0.29) is 41.2 Å². The first-order chi connectivity index (χ1) is 8.78. The Bertz CT molecular complexity index is 490. The standard InChI is InChI=1S/C15H20O4/c1-8-13(18)19-6-11-10(12(16)17)4-9-5-14(2,3)7-15(8,9)11/h4,8-9,11H,5-7H2,1-3H3,(H,16,17)/t8-,9+,11-,15+/m0/s1. The highest BCUT2D eigenvalue weighted by Crippen LogP contribution is 2.66. The van der Waals surface area contributed by atoms with Crippen molar-refractivity contribution in [3.8, 4) is 0 Å². The van der Waals surface area contributed by atoms with Gasteiger partial charge in [0, 0.05) is 16.9 Å². The van der Waals surface area contributed by atoms with E-state index in [2.05, 4.69) is 13.8 Å². The van der Waals surface area contributed by atoms with Crippen molar-refractivity contribution in [2.45, 2.75) is 33.6 Å². The van der Waals surface area contributed by atoms with Gasteiger partial charge in [-0.15, -0.1) is 0 Å². The largest absolute Gasteiger partial charge is 0.478 e. The number of carbonyl (C=O) groups is 2. The lowest BCUT2D eigenvalue weighted by Gasteiger charge is -2.45. The molecule has 0 unspecified atom stereocenters. The second-order valence-electron chi connectivity index (χ2n) is 7.10. The van der Waals surface area contributed by atoms with Gasteiger partial charge in [0.25, 0.3) is 0 Å². The van der Waals surface area contributed by atoms with Crippen LogP contribution in [0.1, 0.15) is 33.6 Å². The van der Waals surface area contributed by atoms with Crippen molar-refractivity contribution >= 4 is 11.9 Å². The summed E-state index contributed by atoms with van der Waals surface area (Å²) in [7, 11) is 0. The zero-order chi connectivity index (χ0) is 14.0. The Kier molecular flexibility index (Phi) is 2.42. The minimum absolute atomic E-state index is 0.135. The Balaban J connectivity index is 2.09. The number of allylic oxidation sites excluding steroid dienone is 1. The maximum atomic E-state index is 12.0. The van der Waals surface area contributed by atoms with Crippen LogP contribution < -0.4 is 0 Å². The Morgan fingerprint density at radius 2 is 2.16 bits per heavy atom. The average molecular weight is 264 g/mol. The van der Waals surface area contributed by atoms with E-state index >= 15 is 0 Å². The van der Waals surface area contributed by atoms with Gasteiger partial charge < -0.3 is 9.84 Å². The molecule has 1 N–H and O–H groups in total. The Morgan fingerprint density at radius 3 is 2.79 bits per heavy atom. The molecule has 0 aromatic heterocycles. The Hall–Kier alpha value is -1.32. The van der Waals surface area contributed by atoms with Crippen molar-refractivity contribution < 1.29 is 19.4 Å². The number of cyclic esters (lactones) is 1. The number of rotatable bonds is 1. The van der Waals surface area contributed by atoms with Crippen molar-refractivity contribution in [1.29, 1.82) is 0 Å². The van der Waals surface area contributed by atoms with Crippen molar-refractivity contribution in [2.75, 3.05) is 6.61 Å². The van der Waals surface area contributed by atoms with Gasteiger partial charge in [-0.3, -0.25) is 4.79 Å². The summed E-state index contributed by atoms with van der Waals surface area (Å²) >= 11 is 0. The minimum Gasteiger partial charge on any atom is -0.478 e. The van der Waals surface area contributed by atoms with Crippen LogP contribution in [0.5, 0.6) is 0 Å². The van der Waals surface area contributed by atoms with Gasteiger partial charge in [-0.05, 0) is 24.2 Å². The van der Waals surface area contributed by atoms with Crippen molar-refractivity contribution in [3.63, 3.8) is 0 Å². The summed E-state index contributed by atoms with van der Waals surface area (Å²) in [6, 6.07) is 0. The number of carboxylic acid groups (broad SMARTS) is 1. The van der Waals surface area contributed by atoms with Gasteiger partial charge in [0.15, 0.2) is 0 Å². The first-order valence-corrected chi connectivity index (χ1v) is 6.89. The Morgan fingerprint density at radius 1 is 1.47 bits per heavy atom. The average Bonchev–Trinajstić information content (AvgIpc) is 2.72. The van der Waals surface area contributed by atoms with Crippen molar-refractivity contribution in [3.05, 3.63) is 11.6 Å². The van der Waals surface area contributed by atoms with Gasteiger partial charge in [0.05, 0.1) is 12.5 Å². The predicted octanol–water partition coefficient (Wildman–Crippen LogP) is 2.24. The van der Waals surface area contributed by atoms with E-state index in [4.69, 9.17) is 4.74 Å². The van der Waals surface area contributed by atoms with E-state index in [1.54, 1.807) is 0 Å². The number of carboxylic acids is 1. The number of hydrogen-bond acceptors (Lipinski definition) is 3. The molecular formula is C15H20O4. The highest BCUT2D eigenvalue weighted by molar-refractivity contribution is 5.89. The maximum absolute atomic E-state index is 12.0. The lowest BCUT2D eigenvalue weighted by molar-refractivity contribution is -0.169. The number of hydrogen-bond donors (Lipinski definition) is 1. The Labute approximate surface area is 112 Å². The number of aliphatic carboxylic acids is 1. The molecule has 3 rings (SSSR count). The fraction of sp³-hybridized carbons (Fsp3) is 0.733. The molecule has 4 atom stereocenters. The monoisotopic (exact) mass is 264 g/mol. The highest BCUT2D eigenvalue weighted by atomic mass is 16.5. The van der Waals surface area contributed by atoms with Crippen LogP contribution in [0.4, 0.5) is 0 Å². The van der Waals surface area contributed by atoms with Gasteiger partial charge in [-0.1, -0.05) is 26.8 Å². The van der Waals surface area contributed by atoms with Crippen LogP contribution in [0, 0.1) is 28.6 Å². The number of ether oxygens (including phenoxy) is 1. The van der Waals surface area contributed by atoms with Gasteiger partial charge in [0.1, 0.15) is 0 Å². The summed E-state index contributed by atoms with van der Waals surface area (Å²) in [5.41, 5.74) is 0.391. The summed E-state index contributed by atoms with van der Waals surface area (Å²) in [4.78, 5) is 23.4. The molecule has 3 aliphatic rings. The van der Waals surface area contributed by atoms with Gasteiger partial charge >= 0.3 is 11.9 Å².